The number of aromatic hydroxyl groups is 3. The van der Waals surface area contributed by atoms with E-state index in [9.17, 15) is 20.1 Å². The number of fused-ring (bicyclic) bond motifs is 2. The van der Waals surface area contributed by atoms with Crippen LogP contribution in [0.3, 0.4) is 0 Å². The number of hydrogen-bond donors (Lipinski definition) is 3. The summed E-state index contributed by atoms with van der Waals surface area (Å²) >= 11 is 0. The Bertz CT molecular complexity index is 1140. The highest BCUT2D eigenvalue weighted by Crippen LogP contribution is 2.41. The fraction of sp³-hybridized carbons (Fsp3) is 0.150. The number of phenolic OH excluding ortho intramolecular Hbond substituents is 3. The van der Waals surface area contributed by atoms with Crippen LogP contribution in [0.1, 0.15) is 19.4 Å². The first-order valence-corrected chi connectivity index (χ1v) is 7.99. The molecule has 6 heteroatoms. The van der Waals surface area contributed by atoms with Crippen LogP contribution in [-0.2, 0) is 0 Å². The van der Waals surface area contributed by atoms with Gasteiger partial charge in [-0.15, -0.1) is 0 Å². The maximum Gasteiger partial charge on any atom is 0.197 e. The lowest BCUT2D eigenvalue weighted by molar-refractivity contribution is 0.158. The largest absolute Gasteiger partial charge is 0.506 e. The van der Waals surface area contributed by atoms with Crippen molar-refractivity contribution in [2.24, 2.45) is 0 Å². The molecule has 6 nitrogen and oxygen atoms in total. The molecule has 132 valence electrons. The van der Waals surface area contributed by atoms with E-state index in [4.69, 9.17) is 9.15 Å². The monoisotopic (exact) mass is 352 g/mol. The molecule has 0 saturated heterocycles. The van der Waals surface area contributed by atoms with Crippen molar-refractivity contribution in [2.45, 2.75) is 19.4 Å². The third-order valence-electron chi connectivity index (χ3n) is 4.28. The summed E-state index contributed by atoms with van der Waals surface area (Å²) in [6.07, 6.45) is 3.52. The molecule has 1 aliphatic rings. The Kier molecular flexibility index (Phi) is 3.27. The van der Waals surface area contributed by atoms with E-state index in [0.717, 1.165) is 0 Å². The van der Waals surface area contributed by atoms with E-state index in [-0.39, 0.29) is 34.0 Å². The van der Waals surface area contributed by atoms with E-state index in [0.29, 0.717) is 16.9 Å². The molecule has 0 aliphatic carbocycles. The van der Waals surface area contributed by atoms with Gasteiger partial charge < -0.3 is 24.5 Å². The van der Waals surface area contributed by atoms with Gasteiger partial charge in [0.2, 0.25) is 0 Å². The van der Waals surface area contributed by atoms with Crippen molar-refractivity contribution in [3.63, 3.8) is 0 Å². The van der Waals surface area contributed by atoms with Crippen molar-refractivity contribution in [2.75, 3.05) is 0 Å². The molecule has 0 atom stereocenters. The first-order valence-electron chi connectivity index (χ1n) is 7.99. The van der Waals surface area contributed by atoms with Gasteiger partial charge in [-0.3, -0.25) is 4.79 Å². The van der Waals surface area contributed by atoms with E-state index in [2.05, 4.69) is 0 Å². The van der Waals surface area contributed by atoms with E-state index < -0.39 is 11.0 Å². The Balaban J connectivity index is 1.97. The highest BCUT2D eigenvalue weighted by atomic mass is 16.5. The molecule has 4 rings (SSSR count). The second kappa shape index (κ2) is 5.29. The smallest absolute Gasteiger partial charge is 0.197 e. The Morgan fingerprint density at radius 2 is 1.77 bits per heavy atom. The summed E-state index contributed by atoms with van der Waals surface area (Å²) in [5.74, 6) is -0.183. The van der Waals surface area contributed by atoms with E-state index in [1.807, 2.05) is 13.8 Å². The van der Waals surface area contributed by atoms with E-state index >= 15 is 0 Å². The predicted molar refractivity (Wildman–Crippen MR) is 96.7 cm³/mol. The van der Waals surface area contributed by atoms with Crippen molar-refractivity contribution >= 4 is 17.0 Å². The molecule has 1 aliphatic heterocycles. The lowest BCUT2D eigenvalue weighted by atomic mass is 9.99. The first-order chi connectivity index (χ1) is 12.2. The van der Waals surface area contributed by atoms with Crippen molar-refractivity contribution in [3.8, 4) is 34.3 Å². The summed E-state index contributed by atoms with van der Waals surface area (Å²) in [7, 11) is 0. The maximum atomic E-state index is 12.6. The number of hydrogen-bond acceptors (Lipinski definition) is 6. The van der Waals surface area contributed by atoms with Gasteiger partial charge in [0.05, 0.1) is 5.56 Å². The van der Waals surface area contributed by atoms with Crippen LogP contribution in [0.2, 0.25) is 0 Å². The standard InChI is InChI=1S/C20H16O6/c1-20(2)6-5-11-16(26-20)9-17-18(19(11)24)14(23)8-15(25-17)10-3-4-12(21)13(22)7-10/h3-9,21-22,24H,1-2H3. The minimum absolute atomic E-state index is 0.0588. The van der Waals surface area contributed by atoms with Gasteiger partial charge in [-0.05, 0) is 44.2 Å². The van der Waals surface area contributed by atoms with Gasteiger partial charge in [-0.25, -0.2) is 0 Å². The topological polar surface area (TPSA) is 100 Å². The van der Waals surface area contributed by atoms with Gasteiger partial charge in [0.15, 0.2) is 16.9 Å². The normalized spacial score (nSPS) is 14.8. The predicted octanol–water partition coefficient (Wildman–Crippen LogP) is 3.76. The SMILES string of the molecule is CC1(C)C=Cc2c(cc3oc(-c4ccc(O)c(O)c4)cc(=O)c3c2O)O1. The molecule has 26 heavy (non-hydrogen) atoms. The zero-order valence-electron chi connectivity index (χ0n) is 14.1. The number of rotatable bonds is 1. The van der Waals surface area contributed by atoms with Crippen LogP contribution in [0.25, 0.3) is 28.4 Å². The van der Waals surface area contributed by atoms with E-state index in [1.54, 1.807) is 18.2 Å². The highest BCUT2D eigenvalue weighted by Gasteiger charge is 2.26. The summed E-state index contributed by atoms with van der Waals surface area (Å²) in [5.41, 5.74) is 0.0416. The molecule has 1 aromatic heterocycles. The summed E-state index contributed by atoms with van der Waals surface area (Å²) in [5, 5.41) is 29.7. The average Bonchev–Trinajstić information content (AvgIpc) is 2.55. The van der Waals surface area contributed by atoms with Crippen LogP contribution in [0, 0.1) is 0 Å². The van der Waals surface area contributed by atoms with Crippen molar-refractivity contribution < 1.29 is 24.5 Å². The average molecular weight is 352 g/mol. The van der Waals surface area contributed by atoms with Crippen molar-refractivity contribution in [1.82, 2.24) is 0 Å². The van der Waals surface area contributed by atoms with Crippen LogP contribution in [-0.4, -0.2) is 20.9 Å². The minimum Gasteiger partial charge on any atom is -0.506 e. The van der Waals surface area contributed by atoms with Crippen molar-refractivity contribution in [1.29, 1.82) is 0 Å². The summed E-state index contributed by atoms with van der Waals surface area (Å²) < 4.78 is 11.6. The molecule has 0 unspecified atom stereocenters. The van der Waals surface area contributed by atoms with Crippen LogP contribution in [0.4, 0.5) is 0 Å². The third kappa shape index (κ3) is 2.47. The molecular weight excluding hydrogens is 336 g/mol. The van der Waals surface area contributed by atoms with Crippen LogP contribution in [0.15, 0.2) is 45.6 Å². The summed E-state index contributed by atoms with van der Waals surface area (Å²) in [6, 6.07) is 6.91. The summed E-state index contributed by atoms with van der Waals surface area (Å²) in [4.78, 5) is 12.6. The lowest BCUT2D eigenvalue weighted by Crippen LogP contribution is -2.27. The summed E-state index contributed by atoms with van der Waals surface area (Å²) in [6.45, 7) is 3.75. The fourth-order valence-corrected chi connectivity index (χ4v) is 2.96. The highest BCUT2D eigenvalue weighted by molar-refractivity contribution is 5.91. The minimum atomic E-state index is -0.548. The first kappa shape index (κ1) is 16.1. The van der Waals surface area contributed by atoms with Crippen LogP contribution >= 0.6 is 0 Å². The molecule has 0 spiro atoms. The van der Waals surface area contributed by atoms with Gasteiger partial charge in [0.1, 0.15) is 33.8 Å². The molecule has 0 radical (unpaired) electrons. The Labute approximate surface area is 148 Å². The second-order valence-electron chi connectivity index (χ2n) is 6.73. The lowest BCUT2D eigenvalue weighted by Gasteiger charge is -2.28. The Morgan fingerprint density at radius 1 is 1.00 bits per heavy atom. The fourth-order valence-electron chi connectivity index (χ4n) is 2.96. The maximum absolute atomic E-state index is 12.6. The molecule has 3 N–H and O–H groups in total. The quantitative estimate of drug-likeness (QED) is 0.577. The Morgan fingerprint density at radius 3 is 2.50 bits per heavy atom. The van der Waals surface area contributed by atoms with E-state index in [1.165, 1.54) is 24.3 Å². The molecule has 2 heterocycles. The van der Waals surface area contributed by atoms with Crippen LogP contribution < -0.4 is 10.2 Å². The Hall–Kier alpha value is -3.41. The van der Waals surface area contributed by atoms with Gasteiger partial charge in [-0.1, -0.05) is 0 Å². The third-order valence-corrected chi connectivity index (χ3v) is 4.28. The zero-order valence-corrected chi connectivity index (χ0v) is 14.1. The number of phenols is 3. The molecule has 2 aromatic carbocycles. The van der Waals surface area contributed by atoms with Crippen molar-refractivity contribution in [3.05, 3.63) is 52.2 Å². The molecule has 0 bridgehead atoms. The number of ether oxygens (including phenoxy) is 1. The second-order valence-corrected chi connectivity index (χ2v) is 6.73. The molecule has 0 fully saturated rings. The zero-order chi connectivity index (χ0) is 18.6. The van der Waals surface area contributed by atoms with Gasteiger partial charge in [0.25, 0.3) is 0 Å². The van der Waals surface area contributed by atoms with Gasteiger partial charge in [-0.2, -0.15) is 0 Å². The van der Waals surface area contributed by atoms with Gasteiger partial charge >= 0.3 is 0 Å². The van der Waals surface area contributed by atoms with Gasteiger partial charge in [0, 0.05) is 17.7 Å². The molecule has 3 aromatic rings. The molecular formula is C20H16O6. The molecule has 0 saturated carbocycles. The van der Waals surface area contributed by atoms with Crippen LogP contribution in [0.5, 0.6) is 23.0 Å². The number of benzene rings is 2. The molecule has 0 amide bonds.